The van der Waals surface area contributed by atoms with E-state index >= 15 is 0 Å². The number of hydrogen-bond donors (Lipinski definition) is 2. The zero-order chi connectivity index (χ0) is 54.4. The lowest BCUT2D eigenvalue weighted by atomic mass is 9.98. The number of rotatable bonds is 27. The Morgan fingerprint density at radius 1 is 0.707 bits per heavy atom. The molecule has 1 heterocycles. The zero-order valence-corrected chi connectivity index (χ0v) is 42.1. The number of nitrogens with zero attached hydrogens (tertiary/aromatic N) is 4. The second-order valence-corrected chi connectivity index (χ2v) is 18.9. The summed E-state index contributed by atoms with van der Waals surface area (Å²) in [5.74, 6) is -5.83. The third-order valence-corrected chi connectivity index (χ3v) is 12.9. The molecule has 1 aliphatic heterocycles. The van der Waals surface area contributed by atoms with Gasteiger partial charge in [-0.05, 0) is 77.5 Å². The van der Waals surface area contributed by atoms with Crippen LogP contribution >= 0.6 is 0 Å². The number of azide groups is 1. The van der Waals surface area contributed by atoms with Crippen LogP contribution in [0.25, 0.3) is 21.6 Å². The van der Waals surface area contributed by atoms with Crippen molar-refractivity contribution < 1.29 is 73.4 Å². The van der Waals surface area contributed by atoms with E-state index in [2.05, 4.69) is 20.3 Å². The Morgan fingerprint density at radius 2 is 1.27 bits per heavy atom. The van der Waals surface area contributed by atoms with Crippen molar-refractivity contribution in [3.8, 4) is 11.1 Å². The normalized spacial score (nSPS) is 17.7. The van der Waals surface area contributed by atoms with Crippen molar-refractivity contribution in [3.63, 3.8) is 0 Å². The largest absolute Gasteiger partial charge is 0.468 e. The number of hydrogen-bond acceptors (Lipinski definition) is 15. The van der Waals surface area contributed by atoms with Crippen molar-refractivity contribution in [2.24, 2.45) is 15.8 Å². The van der Waals surface area contributed by atoms with Gasteiger partial charge in [0.25, 0.3) is 21.9 Å². The number of unbranched alkanes of at least 4 members (excludes halogenated alkanes) is 9. The first-order valence-corrected chi connectivity index (χ1v) is 25.6. The topological polar surface area (TPSA) is 274 Å². The van der Waals surface area contributed by atoms with E-state index in [1.165, 1.54) is 78.9 Å². The van der Waals surface area contributed by atoms with Gasteiger partial charge in [0, 0.05) is 37.3 Å². The molecule has 1 saturated heterocycles. The first-order valence-electron chi connectivity index (χ1n) is 24.2. The van der Waals surface area contributed by atoms with Gasteiger partial charge in [0.1, 0.15) is 6.10 Å². The fraction of sp³-hybridized carbons (Fsp3) is 0.423. The van der Waals surface area contributed by atoms with Crippen LogP contribution in [0.1, 0.15) is 111 Å². The number of aliphatic imine (C=N–C) groups is 1. The first kappa shape index (κ1) is 58.6. The quantitative estimate of drug-likeness (QED) is 0.00649. The highest BCUT2D eigenvalue weighted by atomic mass is 32.2. The second-order valence-electron chi connectivity index (χ2n) is 17.3. The molecular formula is C52H59F3N6O13S. The number of primary amides is 1. The Morgan fingerprint density at radius 3 is 1.85 bits per heavy atom. The fourth-order valence-electron chi connectivity index (χ4n) is 7.93. The SMILES string of the molecule is CC(=O)O[C@H]1[C@H](OC(C)=O)[C@@H](OC(=O)c2ccccc2CN=[N+]=[N-])C(OC(=Nc2ccccc2)C(F)(F)F)O[C@@H]1COS(=O)(=O)c1ccc(-c2ccc(C(=O)NCCCCCCCCCCCCC(N)=O)cc2)cc1. The summed E-state index contributed by atoms with van der Waals surface area (Å²) in [6.45, 7) is 0.917. The third-order valence-electron chi connectivity index (χ3n) is 11.6. The van der Waals surface area contributed by atoms with Crippen LogP contribution < -0.4 is 11.1 Å². The molecule has 3 N–H and O–H groups in total. The number of halogens is 3. The standard InChI is InChI=1S/C52H59F3N6O13S/c1-34(62)70-45-43(33-69-75(67,68)41-29-27-37(28-30-41)36-23-25-38(26-24-36)48(65)58-31-17-10-8-6-4-3-5-7-9-14-22-44(56)64)72-50(74-51(52(53,54)55)60-40-19-12-11-13-20-40)47(46(45)71-35(2)63)73-49(66)42-21-16-15-18-39(42)32-59-61-57/h11-13,15-16,18-21,23-30,43,45-47,50H,3-10,14,17,22,31-33H2,1-2H3,(H2,56,64)(H,58,65)/t43-,45-,46+,47-,50?/m1/s1. The van der Waals surface area contributed by atoms with Crippen molar-refractivity contribution in [2.75, 3.05) is 13.2 Å². The van der Waals surface area contributed by atoms with Gasteiger partial charge in [-0.15, -0.1) is 0 Å². The van der Waals surface area contributed by atoms with Crippen LogP contribution in [0.2, 0.25) is 0 Å². The molecule has 4 aromatic rings. The van der Waals surface area contributed by atoms with E-state index in [0.29, 0.717) is 29.7 Å². The molecule has 23 heteroatoms. The Bertz CT molecular complexity index is 2740. The molecule has 4 aromatic carbocycles. The fourth-order valence-corrected chi connectivity index (χ4v) is 8.85. The number of benzene rings is 4. The van der Waals surface area contributed by atoms with Gasteiger partial charge in [-0.2, -0.15) is 21.6 Å². The van der Waals surface area contributed by atoms with Crippen LogP contribution in [0.3, 0.4) is 0 Å². The van der Waals surface area contributed by atoms with Gasteiger partial charge in [-0.25, -0.2) is 9.79 Å². The molecule has 19 nitrogen and oxygen atoms in total. The van der Waals surface area contributed by atoms with Gasteiger partial charge in [0.15, 0.2) is 12.2 Å². The number of alkyl halides is 3. The average molecular weight is 1070 g/mol. The highest BCUT2D eigenvalue weighted by Crippen LogP contribution is 2.34. The minimum absolute atomic E-state index is 0.127. The lowest BCUT2D eigenvalue weighted by molar-refractivity contribution is -0.289. The number of nitrogens with one attached hydrogen (secondary N) is 1. The number of carbonyl (C=O) groups excluding carboxylic acids is 5. The third kappa shape index (κ3) is 18.8. The number of carbonyl (C=O) groups is 5. The van der Waals surface area contributed by atoms with E-state index < -0.39 is 77.4 Å². The summed E-state index contributed by atoms with van der Waals surface area (Å²) in [4.78, 5) is 68.6. The summed E-state index contributed by atoms with van der Waals surface area (Å²) in [7, 11) is -4.74. The van der Waals surface area contributed by atoms with Crippen LogP contribution in [0.15, 0.2) is 118 Å². The predicted molar refractivity (Wildman–Crippen MR) is 266 cm³/mol. The van der Waals surface area contributed by atoms with Crippen LogP contribution in [0.5, 0.6) is 0 Å². The van der Waals surface area contributed by atoms with E-state index in [4.69, 9.17) is 39.1 Å². The maximum atomic E-state index is 14.7. The minimum Gasteiger partial charge on any atom is -0.456 e. The molecule has 0 bridgehead atoms. The lowest BCUT2D eigenvalue weighted by Crippen LogP contribution is -2.63. The van der Waals surface area contributed by atoms with Gasteiger partial charge >= 0.3 is 24.1 Å². The Hall–Kier alpha value is -7.33. The Kier molecular flexibility index (Phi) is 22.6. The van der Waals surface area contributed by atoms with Gasteiger partial charge < -0.3 is 34.7 Å². The van der Waals surface area contributed by atoms with E-state index in [1.807, 2.05) is 0 Å². The van der Waals surface area contributed by atoms with Crippen molar-refractivity contribution in [1.82, 2.24) is 5.32 Å². The molecule has 1 aliphatic rings. The summed E-state index contributed by atoms with van der Waals surface area (Å²) in [6, 6.07) is 24.4. The molecule has 5 atom stereocenters. The minimum atomic E-state index is -5.34. The lowest BCUT2D eigenvalue weighted by Gasteiger charge is -2.44. The van der Waals surface area contributed by atoms with Crippen LogP contribution in [0, 0.1) is 0 Å². The molecule has 75 heavy (non-hydrogen) atoms. The summed E-state index contributed by atoms with van der Waals surface area (Å²) >= 11 is 0. The molecule has 2 amide bonds. The van der Waals surface area contributed by atoms with E-state index in [9.17, 15) is 45.6 Å². The summed E-state index contributed by atoms with van der Waals surface area (Å²) < 4.78 is 105. The molecular weight excluding hydrogens is 1010 g/mol. The maximum Gasteiger partial charge on any atom is 0.468 e. The summed E-state index contributed by atoms with van der Waals surface area (Å²) in [5, 5.41) is 6.38. The van der Waals surface area contributed by atoms with Gasteiger partial charge in [0.2, 0.25) is 18.3 Å². The molecule has 0 aromatic heterocycles. The second kappa shape index (κ2) is 28.9. The molecule has 0 saturated carbocycles. The number of para-hydroxylation sites is 1. The zero-order valence-electron chi connectivity index (χ0n) is 41.3. The number of ether oxygens (including phenoxy) is 5. The Labute approximate surface area is 432 Å². The highest BCUT2D eigenvalue weighted by Gasteiger charge is 2.55. The smallest absolute Gasteiger partial charge is 0.456 e. The molecule has 1 fully saturated rings. The van der Waals surface area contributed by atoms with Gasteiger partial charge in [-0.3, -0.25) is 23.4 Å². The van der Waals surface area contributed by atoms with E-state index in [-0.39, 0.29) is 40.1 Å². The molecule has 402 valence electrons. The molecule has 0 radical (unpaired) electrons. The van der Waals surface area contributed by atoms with Crippen LogP contribution in [-0.4, -0.2) is 94.1 Å². The summed E-state index contributed by atoms with van der Waals surface area (Å²) in [5.41, 5.74) is 15.4. The number of amides is 2. The van der Waals surface area contributed by atoms with Crippen molar-refractivity contribution in [3.05, 3.63) is 130 Å². The van der Waals surface area contributed by atoms with E-state index in [1.54, 1.807) is 24.3 Å². The van der Waals surface area contributed by atoms with Crippen molar-refractivity contribution >= 4 is 51.4 Å². The highest BCUT2D eigenvalue weighted by molar-refractivity contribution is 7.86. The molecule has 0 spiro atoms. The first-order chi connectivity index (χ1) is 35.9. The van der Waals surface area contributed by atoms with Gasteiger partial charge in [0.05, 0.1) is 29.3 Å². The predicted octanol–water partition coefficient (Wildman–Crippen LogP) is 9.50. The average Bonchev–Trinajstić information content (AvgIpc) is 3.37. The van der Waals surface area contributed by atoms with Crippen LogP contribution in [0.4, 0.5) is 18.9 Å². The summed E-state index contributed by atoms with van der Waals surface area (Å²) in [6.07, 6.45) is -4.94. The Balaban J connectivity index is 1.28. The van der Waals surface area contributed by atoms with Crippen molar-refractivity contribution in [1.29, 1.82) is 0 Å². The van der Waals surface area contributed by atoms with Crippen molar-refractivity contribution in [2.45, 2.75) is 133 Å². The van der Waals surface area contributed by atoms with Gasteiger partial charge in [-0.1, -0.05) is 117 Å². The molecule has 5 rings (SSSR count). The monoisotopic (exact) mass is 1060 g/mol. The molecule has 0 aliphatic carbocycles. The number of nitrogens with two attached hydrogens (primary N) is 1. The number of esters is 3. The van der Waals surface area contributed by atoms with Crippen LogP contribution in [-0.2, 0) is 58.9 Å². The molecule has 1 unspecified atom stereocenters. The maximum absolute atomic E-state index is 14.7. The van der Waals surface area contributed by atoms with E-state index in [0.717, 1.165) is 78.1 Å².